The molecule has 0 saturated heterocycles. The fourth-order valence-electron chi connectivity index (χ4n) is 0. The van der Waals surface area contributed by atoms with Crippen molar-refractivity contribution in [2.24, 2.45) is 0 Å². The summed E-state index contributed by atoms with van der Waals surface area (Å²) in [5.41, 5.74) is 0. The molecular weight excluding hydrogens is 782 g/mol. The van der Waals surface area contributed by atoms with E-state index in [0.717, 1.165) is 0 Å². The summed E-state index contributed by atoms with van der Waals surface area (Å²) in [6, 6.07) is 0. The zero-order valence-corrected chi connectivity index (χ0v) is 15.5. The molecule has 0 aliphatic rings. The molecular formula is Pb2W2+4. The van der Waals surface area contributed by atoms with Gasteiger partial charge in [0.15, 0.2) is 0 Å². The first kappa shape index (κ1) is 26.9. The molecule has 4 heteroatoms. The van der Waals surface area contributed by atoms with E-state index in [1.54, 1.807) is 0 Å². The summed E-state index contributed by atoms with van der Waals surface area (Å²) in [4.78, 5) is 0. The van der Waals surface area contributed by atoms with Gasteiger partial charge in [0.05, 0.1) is 0 Å². The molecule has 0 unspecified atom stereocenters. The van der Waals surface area contributed by atoms with Crippen LogP contribution in [0.4, 0.5) is 0 Å². The van der Waals surface area contributed by atoms with Crippen LogP contribution >= 0.6 is 0 Å². The van der Waals surface area contributed by atoms with Gasteiger partial charge in [0.2, 0.25) is 0 Å². The predicted octanol–water partition coefficient (Wildman–Crippen LogP) is -0.767. The Kier molecular flexibility index (Phi) is 110. The molecule has 0 bridgehead atoms. The first-order chi connectivity index (χ1) is 0. The Morgan fingerprint density at radius 3 is 0.500 bits per heavy atom. The van der Waals surface area contributed by atoms with Crippen LogP contribution in [0.2, 0.25) is 0 Å². The standard InChI is InChI=1S/2Pb.2W/q;;2*+2. The van der Waals surface area contributed by atoms with E-state index < -0.39 is 0 Å². The van der Waals surface area contributed by atoms with Gasteiger partial charge in [-0.1, -0.05) is 0 Å². The number of hydrogen-bond donors (Lipinski definition) is 0. The van der Waals surface area contributed by atoms with Gasteiger partial charge in [-0.05, 0) is 0 Å². The van der Waals surface area contributed by atoms with Crippen LogP contribution in [0.1, 0.15) is 0 Å². The maximum absolute atomic E-state index is 0. The molecule has 0 saturated carbocycles. The average molecular weight is 782 g/mol. The molecule has 0 nitrogen and oxygen atoms in total. The van der Waals surface area contributed by atoms with Crippen molar-refractivity contribution in [3.63, 3.8) is 0 Å². The first-order valence-corrected chi connectivity index (χ1v) is 0. The second-order valence-electron chi connectivity index (χ2n) is 0. The van der Waals surface area contributed by atoms with Crippen molar-refractivity contribution in [2.75, 3.05) is 0 Å². The Labute approximate surface area is 94.7 Å². The number of rotatable bonds is 0. The van der Waals surface area contributed by atoms with Crippen LogP contribution in [0.15, 0.2) is 0 Å². The van der Waals surface area contributed by atoms with Gasteiger partial charge in [0.1, 0.15) is 0 Å². The SMILES string of the molecule is [Pb].[Pb].[W+2].[W+2]. The summed E-state index contributed by atoms with van der Waals surface area (Å²) in [5, 5.41) is 0. The van der Waals surface area contributed by atoms with E-state index in [1.165, 1.54) is 0 Å². The molecule has 0 rings (SSSR count). The zero-order chi connectivity index (χ0) is 0. The van der Waals surface area contributed by atoms with Gasteiger partial charge < -0.3 is 0 Å². The molecule has 0 N–H and O–H groups in total. The minimum atomic E-state index is 0. The molecule has 0 aromatic carbocycles. The topological polar surface area (TPSA) is 0 Å². The van der Waals surface area contributed by atoms with Crippen LogP contribution in [0.25, 0.3) is 0 Å². The molecule has 0 aromatic heterocycles. The van der Waals surface area contributed by atoms with Gasteiger partial charge in [-0.2, -0.15) is 0 Å². The van der Waals surface area contributed by atoms with E-state index in [-0.39, 0.29) is 96.7 Å². The monoisotopic (exact) mass is 784 g/mol. The Bertz CT molecular complexity index is 4.00. The van der Waals surface area contributed by atoms with Crippen molar-refractivity contribution in [2.45, 2.75) is 0 Å². The molecule has 0 fully saturated rings. The molecule has 0 heterocycles. The van der Waals surface area contributed by atoms with E-state index >= 15 is 0 Å². The maximum atomic E-state index is 0. The summed E-state index contributed by atoms with van der Waals surface area (Å²) in [5.74, 6) is 0. The Hall–Kier alpha value is 3.22. The van der Waals surface area contributed by atoms with E-state index in [1.807, 2.05) is 0 Å². The molecule has 4 heavy (non-hydrogen) atoms. The summed E-state index contributed by atoms with van der Waals surface area (Å²) < 4.78 is 0. The van der Waals surface area contributed by atoms with Gasteiger partial charge in [-0.3, -0.25) is 0 Å². The number of hydrogen-bond acceptors (Lipinski definition) is 0. The molecule has 0 atom stereocenters. The third-order valence-electron chi connectivity index (χ3n) is 0. The average Bonchev–Trinajstić information content (AvgIpc) is 0. The van der Waals surface area contributed by atoms with Crippen LogP contribution in [0, 0.1) is 0 Å². The van der Waals surface area contributed by atoms with Crippen LogP contribution < -0.4 is 0 Å². The molecule has 0 aromatic rings. The molecule has 0 spiro atoms. The van der Waals surface area contributed by atoms with Gasteiger partial charge in [0.25, 0.3) is 0 Å². The summed E-state index contributed by atoms with van der Waals surface area (Å²) >= 11 is 0. The first-order valence-electron chi connectivity index (χ1n) is 0. The fraction of sp³-hybridized carbons (Fsp3) is 0. The smallest absolute Gasteiger partial charge is 0 e. The van der Waals surface area contributed by atoms with Gasteiger partial charge >= 0.3 is 42.1 Å². The van der Waals surface area contributed by atoms with Gasteiger partial charge in [0, 0.05) is 54.6 Å². The third kappa shape index (κ3) is 8.97. The van der Waals surface area contributed by atoms with E-state index in [9.17, 15) is 0 Å². The Morgan fingerprint density at radius 2 is 0.500 bits per heavy atom. The Balaban J connectivity index is 0. The van der Waals surface area contributed by atoms with Gasteiger partial charge in [-0.15, -0.1) is 0 Å². The Morgan fingerprint density at radius 1 is 0.500 bits per heavy atom. The molecule has 8 radical (unpaired) electrons. The normalized spacial score (nSPS) is 0. The molecule has 0 aliphatic carbocycles. The summed E-state index contributed by atoms with van der Waals surface area (Å²) in [7, 11) is 0. The van der Waals surface area contributed by atoms with Crippen molar-refractivity contribution in [1.82, 2.24) is 0 Å². The van der Waals surface area contributed by atoms with E-state index in [4.69, 9.17) is 0 Å². The van der Waals surface area contributed by atoms with Gasteiger partial charge in [-0.25, -0.2) is 0 Å². The van der Waals surface area contributed by atoms with Crippen molar-refractivity contribution in [1.29, 1.82) is 0 Å². The van der Waals surface area contributed by atoms with Crippen molar-refractivity contribution >= 4 is 54.6 Å². The largest absolute Gasteiger partial charge is 2.00 e. The van der Waals surface area contributed by atoms with Crippen LogP contribution in [0.5, 0.6) is 0 Å². The molecule has 16 valence electrons. The van der Waals surface area contributed by atoms with E-state index in [0.29, 0.717) is 0 Å². The van der Waals surface area contributed by atoms with Crippen molar-refractivity contribution in [3.8, 4) is 0 Å². The molecule has 0 amide bonds. The summed E-state index contributed by atoms with van der Waals surface area (Å²) in [6.45, 7) is 0. The quantitative estimate of drug-likeness (QED) is 0.284. The maximum Gasteiger partial charge on any atom is 2.00 e. The van der Waals surface area contributed by atoms with Crippen molar-refractivity contribution < 1.29 is 42.1 Å². The second-order valence-corrected chi connectivity index (χ2v) is 0. The molecule has 0 aliphatic heterocycles. The minimum Gasteiger partial charge on any atom is 0 e. The third-order valence-corrected chi connectivity index (χ3v) is 0. The second kappa shape index (κ2) is 16.3. The minimum absolute atomic E-state index is 0. The zero-order valence-electron chi connectivity index (χ0n) is 1.82. The van der Waals surface area contributed by atoms with Crippen LogP contribution in [-0.4, -0.2) is 54.6 Å². The van der Waals surface area contributed by atoms with Crippen LogP contribution in [-0.2, 0) is 42.1 Å². The summed E-state index contributed by atoms with van der Waals surface area (Å²) in [6.07, 6.45) is 0. The van der Waals surface area contributed by atoms with Crippen molar-refractivity contribution in [3.05, 3.63) is 0 Å². The van der Waals surface area contributed by atoms with E-state index in [2.05, 4.69) is 0 Å². The fourth-order valence-corrected chi connectivity index (χ4v) is 0. The predicted molar refractivity (Wildman–Crippen MR) is 11.5 cm³/mol. The van der Waals surface area contributed by atoms with Crippen LogP contribution in [0.3, 0.4) is 0 Å².